The molecule has 25 heavy (non-hydrogen) atoms. The summed E-state index contributed by atoms with van der Waals surface area (Å²) in [6, 6.07) is 7.91. The van der Waals surface area contributed by atoms with Crippen molar-refractivity contribution in [2.24, 2.45) is 11.3 Å². The monoisotopic (exact) mass is 346 g/mol. The second kappa shape index (κ2) is 9.84. The van der Waals surface area contributed by atoms with Gasteiger partial charge in [0.2, 0.25) is 0 Å². The molecular formula is C22H34O3. The second-order valence-electron chi connectivity index (χ2n) is 8.08. The van der Waals surface area contributed by atoms with Crippen molar-refractivity contribution >= 4 is 5.97 Å². The van der Waals surface area contributed by atoms with Crippen molar-refractivity contribution in [1.82, 2.24) is 0 Å². The lowest BCUT2D eigenvalue weighted by atomic mass is 9.68. The molecule has 3 heteroatoms. The highest BCUT2D eigenvalue weighted by Gasteiger charge is 2.31. The molecule has 2 unspecified atom stereocenters. The van der Waals surface area contributed by atoms with Crippen molar-refractivity contribution in [3.05, 3.63) is 29.8 Å². The molecule has 1 saturated carbocycles. The molecule has 0 bridgehead atoms. The van der Waals surface area contributed by atoms with Gasteiger partial charge in [0.25, 0.3) is 0 Å². The molecule has 0 saturated heterocycles. The molecule has 2 rings (SSSR count). The van der Waals surface area contributed by atoms with Gasteiger partial charge in [-0.15, -0.1) is 0 Å². The van der Waals surface area contributed by atoms with Crippen molar-refractivity contribution in [3.8, 4) is 5.75 Å². The van der Waals surface area contributed by atoms with Gasteiger partial charge in [0.05, 0.1) is 6.61 Å². The van der Waals surface area contributed by atoms with Gasteiger partial charge in [-0.1, -0.05) is 51.7 Å². The van der Waals surface area contributed by atoms with Crippen LogP contribution in [0.5, 0.6) is 5.75 Å². The summed E-state index contributed by atoms with van der Waals surface area (Å²) in [6.07, 6.45) is 11.4. The lowest BCUT2D eigenvalue weighted by molar-refractivity contribution is -0.136. The minimum atomic E-state index is -0.750. The van der Waals surface area contributed by atoms with Crippen LogP contribution >= 0.6 is 0 Å². The van der Waals surface area contributed by atoms with Gasteiger partial charge < -0.3 is 9.84 Å². The Morgan fingerprint density at radius 1 is 1.28 bits per heavy atom. The first-order chi connectivity index (χ1) is 12.0. The molecule has 1 N–H and O–H groups in total. The van der Waals surface area contributed by atoms with Crippen LogP contribution in [0.1, 0.15) is 77.2 Å². The molecule has 140 valence electrons. The number of aryl methyl sites for hydroxylation is 1. The lowest BCUT2D eigenvalue weighted by Gasteiger charge is -2.38. The number of aliphatic carboxylic acids is 1. The van der Waals surface area contributed by atoms with Crippen molar-refractivity contribution in [2.75, 3.05) is 6.61 Å². The lowest BCUT2D eigenvalue weighted by Crippen LogP contribution is -2.29. The predicted molar refractivity (Wildman–Crippen MR) is 102 cm³/mol. The average Bonchev–Trinajstić information content (AvgIpc) is 2.59. The summed E-state index contributed by atoms with van der Waals surface area (Å²) >= 11 is 0. The molecule has 1 aliphatic carbocycles. The zero-order chi connectivity index (χ0) is 18.1. The standard InChI is InChI=1S/C22H34O3/c1-3-4-5-14-22(2)15-6-7-19(16-22)17-25-20-11-8-18(9-12-20)10-13-21(23)24/h8-9,11-12,19H,3-7,10,13-17H2,1-2H3,(H,23,24). The molecule has 0 aromatic heterocycles. The number of hydrogen-bond acceptors (Lipinski definition) is 2. The first-order valence-corrected chi connectivity index (χ1v) is 9.94. The number of benzene rings is 1. The van der Waals surface area contributed by atoms with Gasteiger partial charge in [-0.05, 0) is 61.1 Å². The number of rotatable bonds is 10. The predicted octanol–water partition coefficient (Wildman–Crippen LogP) is 5.86. The average molecular weight is 347 g/mol. The van der Waals surface area contributed by atoms with E-state index in [1.54, 1.807) is 0 Å². The van der Waals surface area contributed by atoms with E-state index in [4.69, 9.17) is 9.84 Å². The van der Waals surface area contributed by atoms with Gasteiger partial charge in [-0.2, -0.15) is 0 Å². The van der Waals surface area contributed by atoms with E-state index in [2.05, 4.69) is 13.8 Å². The number of unbranched alkanes of at least 4 members (excludes halogenated alkanes) is 2. The van der Waals surface area contributed by atoms with Crippen LogP contribution in [0.3, 0.4) is 0 Å². The maximum absolute atomic E-state index is 10.6. The van der Waals surface area contributed by atoms with Crippen molar-refractivity contribution < 1.29 is 14.6 Å². The third kappa shape index (κ3) is 7.09. The summed E-state index contributed by atoms with van der Waals surface area (Å²) in [5.41, 5.74) is 1.55. The Morgan fingerprint density at radius 3 is 2.72 bits per heavy atom. The van der Waals surface area contributed by atoms with E-state index in [1.165, 1.54) is 51.4 Å². The number of carbonyl (C=O) groups is 1. The molecule has 0 radical (unpaired) electrons. The Balaban J connectivity index is 1.77. The molecule has 0 aliphatic heterocycles. The molecule has 1 aromatic rings. The van der Waals surface area contributed by atoms with Crippen LogP contribution in [0.2, 0.25) is 0 Å². The highest BCUT2D eigenvalue weighted by Crippen LogP contribution is 2.43. The topological polar surface area (TPSA) is 46.5 Å². The van der Waals surface area contributed by atoms with Crippen LogP contribution in [0, 0.1) is 11.3 Å². The number of carboxylic acids is 1. The fourth-order valence-corrected chi connectivity index (χ4v) is 4.11. The van der Waals surface area contributed by atoms with Crippen molar-refractivity contribution in [1.29, 1.82) is 0 Å². The molecule has 2 atom stereocenters. The zero-order valence-electron chi connectivity index (χ0n) is 15.9. The van der Waals surface area contributed by atoms with Gasteiger partial charge in [0.1, 0.15) is 5.75 Å². The Hall–Kier alpha value is -1.51. The minimum absolute atomic E-state index is 0.179. The molecule has 0 spiro atoms. The first kappa shape index (κ1) is 19.8. The smallest absolute Gasteiger partial charge is 0.303 e. The van der Waals surface area contributed by atoms with E-state index in [-0.39, 0.29) is 6.42 Å². The van der Waals surface area contributed by atoms with E-state index < -0.39 is 5.97 Å². The summed E-state index contributed by atoms with van der Waals surface area (Å²) in [5, 5.41) is 8.74. The zero-order valence-corrected chi connectivity index (χ0v) is 15.9. The molecule has 0 amide bonds. The van der Waals surface area contributed by atoms with Crippen LogP contribution in [0.15, 0.2) is 24.3 Å². The number of hydrogen-bond donors (Lipinski definition) is 1. The van der Waals surface area contributed by atoms with Gasteiger partial charge in [0, 0.05) is 6.42 Å². The van der Waals surface area contributed by atoms with Crippen LogP contribution in [0.25, 0.3) is 0 Å². The second-order valence-corrected chi connectivity index (χ2v) is 8.08. The van der Waals surface area contributed by atoms with Gasteiger partial charge in [0.15, 0.2) is 0 Å². The van der Waals surface area contributed by atoms with Gasteiger partial charge in [-0.25, -0.2) is 0 Å². The SMILES string of the molecule is CCCCCC1(C)CCCC(COc2ccc(CCC(=O)O)cc2)C1. The van der Waals surface area contributed by atoms with Crippen molar-refractivity contribution in [2.45, 2.75) is 78.1 Å². The van der Waals surface area contributed by atoms with Crippen LogP contribution in [-0.2, 0) is 11.2 Å². The third-order valence-corrected chi connectivity index (χ3v) is 5.59. The Morgan fingerprint density at radius 2 is 2.04 bits per heavy atom. The summed E-state index contributed by atoms with van der Waals surface area (Å²) in [5.74, 6) is 0.809. The summed E-state index contributed by atoms with van der Waals surface area (Å²) in [6.45, 7) is 5.54. The molecule has 3 nitrogen and oxygen atoms in total. The van der Waals surface area contributed by atoms with Gasteiger partial charge >= 0.3 is 5.97 Å². The fraction of sp³-hybridized carbons (Fsp3) is 0.682. The Kier molecular flexibility index (Phi) is 7.80. The van der Waals surface area contributed by atoms with Gasteiger partial charge in [-0.3, -0.25) is 4.79 Å². The van der Waals surface area contributed by atoms with Crippen LogP contribution < -0.4 is 4.74 Å². The first-order valence-electron chi connectivity index (χ1n) is 9.94. The van der Waals surface area contributed by atoms with E-state index >= 15 is 0 Å². The third-order valence-electron chi connectivity index (χ3n) is 5.59. The molecular weight excluding hydrogens is 312 g/mol. The van der Waals surface area contributed by atoms with E-state index in [9.17, 15) is 4.79 Å². The maximum Gasteiger partial charge on any atom is 0.303 e. The minimum Gasteiger partial charge on any atom is -0.493 e. The highest BCUT2D eigenvalue weighted by molar-refractivity contribution is 5.67. The largest absolute Gasteiger partial charge is 0.493 e. The molecule has 1 fully saturated rings. The van der Waals surface area contributed by atoms with E-state index in [0.717, 1.165) is 17.9 Å². The quantitative estimate of drug-likeness (QED) is 0.540. The maximum atomic E-state index is 10.6. The van der Waals surface area contributed by atoms with Crippen LogP contribution in [-0.4, -0.2) is 17.7 Å². The normalized spacial score (nSPS) is 23.4. The summed E-state index contributed by atoms with van der Waals surface area (Å²) in [7, 11) is 0. The number of ether oxygens (including phenoxy) is 1. The molecule has 0 heterocycles. The summed E-state index contributed by atoms with van der Waals surface area (Å²) in [4.78, 5) is 10.6. The Bertz CT molecular complexity index is 523. The fourth-order valence-electron chi connectivity index (χ4n) is 4.11. The number of carboxylic acid groups (broad SMARTS) is 1. The summed E-state index contributed by atoms with van der Waals surface area (Å²) < 4.78 is 6.03. The van der Waals surface area contributed by atoms with Crippen molar-refractivity contribution in [3.63, 3.8) is 0 Å². The molecule has 1 aliphatic rings. The van der Waals surface area contributed by atoms with E-state index in [0.29, 0.717) is 17.8 Å². The Labute approximate surface area is 152 Å². The van der Waals surface area contributed by atoms with Crippen LogP contribution in [0.4, 0.5) is 0 Å². The highest BCUT2D eigenvalue weighted by atomic mass is 16.5. The van der Waals surface area contributed by atoms with E-state index in [1.807, 2.05) is 24.3 Å². The molecule has 1 aromatic carbocycles.